The molecule has 4 heteroatoms. The first-order valence-electron chi connectivity index (χ1n) is 5.08. The van der Waals surface area contributed by atoms with Gasteiger partial charge in [-0.3, -0.25) is 9.88 Å². The molecule has 0 aliphatic heterocycles. The summed E-state index contributed by atoms with van der Waals surface area (Å²) in [5.74, 6) is -0.933. The number of pyridine rings is 1. The predicted molar refractivity (Wildman–Crippen MR) is 57.8 cm³/mol. The van der Waals surface area contributed by atoms with Gasteiger partial charge in [0.15, 0.2) is 0 Å². The molecule has 0 radical (unpaired) electrons. The lowest BCUT2D eigenvalue weighted by Gasteiger charge is -2.17. The fraction of sp³-hybridized carbons (Fsp3) is 0.455. The highest BCUT2D eigenvalue weighted by Crippen LogP contribution is 2.03. The molecule has 0 atom stereocenters. The van der Waals surface area contributed by atoms with Gasteiger partial charge in [-0.15, -0.1) is 0 Å². The Kier molecular flexibility index (Phi) is 4.24. The average molecular weight is 208 g/mol. The molecule has 1 heterocycles. The number of nitrogens with zero attached hydrogens (tertiary/aromatic N) is 2. The van der Waals surface area contributed by atoms with E-state index in [1.54, 1.807) is 12.1 Å². The third kappa shape index (κ3) is 3.32. The molecule has 1 rings (SSSR count). The van der Waals surface area contributed by atoms with Crippen LogP contribution in [0.5, 0.6) is 0 Å². The minimum atomic E-state index is -0.933. The molecule has 0 aliphatic rings. The highest BCUT2D eigenvalue weighted by molar-refractivity contribution is 5.87. The van der Waals surface area contributed by atoms with E-state index < -0.39 is 5.97 Å². The molecule has 0 fully saturated rings. The lowest BCUT2D eigenvalue weighted by atomic mass is 10.2. The zero-order valence-electron chi connectivity index (χ0n) is 9.10. The van der Waals surface area contributed by atoms with Crippen molar-refractivity contribution in [2.24, 2.45) is 0 Å². The molecule has 0 unspecified atom stereocenters. The van der Waals surface area contributed by atoms with E-state index in [9.17, 15) is 4.79 Å². The largest absolute Gasteiger partial charge is 0.478 e. The fourth-order valence-corrected chi connectivity index (χ4v) is 1.32. The van der Waals surface area contributed by atoms with Crippen LogP contribution in [0.15, 0.2) is 18.3 Å². The maximum absolute atomic E-state index is 10.6. The Balaban J connectivity index is 2.67. The van der Waals surface area contributed by atoms with Gasteiger partial charge in [-0.1, -0.05) is 13.8 Å². The van der Waals surface area contributed by atoms with Gasteiger partial charge in [0.25, 0.3) is 0 Å². The zero-order valence-corrected chi connectivity index (χ0v) is 9.10. The van der Waals surface area contributed by atoms with E-state index in [1.165, 1.54) is 6.20 Å². The van der Waals surface area contributed by atoms with Gasteiger partial charge >= 0.3 is 5.97 Å². The van der Waals surface area contributed by atoms with E-state index in [-0.39, 0.29) is 5.56 Å². The quantitative estimate of drug-likeness (QED) is 0.799. The predicted octanol–water partition coefficient (Wildman–Crippen LogP) is 1.62. The first kappa shape index (κ1) is 11.7. The number of aromatic nitrogens is 1. The van der Waals surface area contributed by atoms with Gasteiger partial charge in [0.2, 0.25) is 0 Å². The minimum Gasteiger partial charge on any atom is -0.478 e. The molecule has 0 aliphatic carbocycles. The standard InChI is InChI=1S/C11H16N2O2/c1-3-13(4-2)8-10-6-5-9(7-12-10)11(14)15/h5-7H,3-4,8H2,1-2H3,(H,14,15). The second kappa shape index (κ2) is 5.46. The fourth-order valence-electron chi connectivity index (χ4n) is 1.32. The summed E-state index contributed by atoms with van der Waals surface area (Å²) in [5, 5.41) is 8.70. The van der Waals surface area contributed by atoms with Crippen LogP contribution in [-0.4, -0.2) is 34.0 Å². The van der Waals surface area contributed by atoms with Crippen molar-refractivity contribution < 1.29 is 9.90 Å². The third-order valence-corrected chi connectivity index (χ3v) is 2.35. The summed E-state index contributed by atoms with van der Waals surface area (Å²) in [7, 11) is 0. The average Bonchev–Trinajstić information content (AvgIpc) is 2.26. The van der Waals surface area contributed by atoms with Gasteiger partial charge in [-0.2, -0.15) is 0 Å². The Bertz CT molecular complexity index is 318. The summed E-state index contributed by atoms with van der Waals surface area (Å²) < 4.78 is 0. The first-order valence-corrected chi connectivity index (χ1v) is 5.08. The van der Waals surface area contributed by atoms with Crippen LogP contribution in [-0.2, 0) is 6.54 Å². The number of hydrogen-bond donors (Lipinski definition) is 1. The second-order valence-corrected chi connectivity index (χ2v) is 3.30. The maximum atomic E-state index is 10.6. The summed E-state index contributed by atoms with van der Waals surface area (Å²) in [6, 6.07) is 3.36. The lowest BCUT2D eigenvalue weighted by molar-refractivity contribution is 0.0696. The van der Waals surface area contributed by atoms with Crippen molar-refractivity contribution in [3.63, 3.8) is 0 Å². The van der Waals surface area contributed by atoms with Crippen molar-refractivity contribution in [2.75, 3.05) is 13.1 Å². The van der Waals surface area contributed by atoms with Crippen LogP contribution < -0.4 is 0 Å². The molecule has 0 saturated heterocycles. The first-order chi connectivity index (χ1) is 7.17. The number of aromatic carboxylic acids is 1. The maximum Gasteiger partial charge on any atom is 0.337 e. The molecule has 4 nitrogen and oxygen atoms in total. The highest BCUT2D eigenvalue weighted by Gasteiger charge is 2.05. The molecule has 0 saturated carbocycles. The zero-order chi connectivity index (χ0) is 11.3. The van der Waals surface area contributed by atoms with Gasteiger partial charge < -0.3 is 5.11 Å². The summed E-state index contributed by atoms with van der Waals surface area (Å²) in [5.41, 5.74) is 1.14. The van der Waals surface area contributed by atoms with Crippen molar-refractivity contribution in [2.45, 2.75) is 20.4 Å². The van der Waals surface area contributed by atoms with E-state index >= 15 is 0 Å². The van der Waals surface area contributed by atoms with Crippen molar-refractivity contribution in [1.29, 1.82) is 0 Å². The van der Waals surface area contributed by atoms with Crippen LogP contribution in [0, 0.1) is 0 Å². The SMILES string of the molecule is CCN(CC)Cc1ccc(C(=O)O)cn1. The Morgan fingerprint density at radius 2 is 2.07 bits per heavy atom. The highest BCUT2D eigenvalue weighted by atomic mass is 16.4. The third-order valence-electron chi connectivity index (χ3n) is 2.35. The van der Waals surface area contributed by atoms with Crippen molar-refractivity contribution in [3.05, 3.63) is 29.6 Å². The monoisotopic (exact) mass is 208 g/mol. The van der Waals surface area contributed by atoms with Crippen molar-refractivity contribution in [1.82, 2.24) is 9.88 Å². The van der Waals surface area contributed by atoms with Crippen LogP contribution in [0.25, 0.3) is 0 Å². The molecule has 0 bridgehead atoms. The van der Waals surface area contributed by atoms with Crippen LogP contribution >= 0.6 is 0 Å². The summed E-state index contributed by atoms with van der Waals surface area (Å²) in [6.07, 6.45) is 1.40. The molecule has 1 aromatic heterocycles. The normalized spacial score (nSPS) is 10.6. The van der Waals surface area contributed by atoms with Crippen LogP contribution in [0.3, 0.4) is 0 Å². The van der Waals surface area contributed by atoms with Crippen molar-refractivity contribution in [3.8, 4) is 0 Å². The van der Waals surface area contributed by atoms with Gasteiger partial charge in [0, 0.05) is 12.7 Å². The van der Waals surface area contributed by atoms with E-state index in [1.807, 2.05) is 0 Å². The molecule has 82 valence electrons. The van der Waals surface area contributed by atoms with E-state index in [4.69, 9.17) is 5.11 Å². The molecule has 0 aromatic carbocycles. The number of carboxylic acid groups (broad SMARTS) is 1. The van der Waals surface area contributed by atoms with Gasteiger partial charge in [-0.25, -0.2) is 4.79 Å². The van der Waals surface area contributed by atoms with E-state index in [0.29, 0.717) is 0 Å². The lowest BCUT2D eigenvalue weighted by Crippen LogP contribution is -2.22. The molecule has 1 aromatic rings. The smallest absolute Gasteiger partial charge is 0.337 e. The number of carbonyl (C=O) groups is 1. The molecule has 1 N–H and O–H groups in total. The van der Waals surface area contributed by atoms with Gasteiger partial charge in [-0.05, 0) is 25.2 Å². The van der Waals surface area contributed by atoms with Crippen LogP contribution in [0.4, 0.5) is 0 Å². The summed E-state index contributed by atoms with van der Waals surface area (Å²) in [4.78, 5) is 16.9. The summed E-state index contributed by atoms with van der Waals surface area (Å²) in [6.45, 7) is 6.90. The molecule has 15 heavy (non-hydrogen) atoms. The number of hydrogen-bond acceptors (Lipinski definition) is 3. The van der Waals surface area contributed by atoms with Gasteiger partial charge in [0.05, 0.1) is 11.3 Å². The number of carboxylic acids is 1. The molecular weight excluding hydrogens is 192 g/mol. The van der Waals surface area contributed by atoms with Crippen LogP contribution in [0.2, 0.25) is 0 Å². The Morgan fingerprint density at radius 3 is 2.47 bits per heavy atom. The number of rotatable bonds is 5. The molecule has 0 amide bonds. The summed E-state index contributed by atoms with van der Waals surface area (Å²) >= 11 is 0. The molecular formula is C11H16N2O2. The van der Waals surface area contributed by atoms with E-state index in [2.05, 4.69) is 23.7 Å². The molecule has 0 spiro atoms. The minimum absolute atomic E-state index is 0.235. The second-order valence-electron chi connectivity index (χ2n) is 3.30. The topological polar surface area (TPSA) is 53.4 Å². The Labute approximate surface area is 89.6 Å². The van der Waals surface area contributed by atoms with Crippen molar-refractivity contribution >= 4 is 5.97 Å². The van der Waals surface area contributed by atoms with E-state index in [0.717, 1.165) is 25.3 Å². The Hall–Kier alpha value is -1.42. The van der Waals surface area contributed by atoms with Crippen LogP contribution in [0.1, 0.15) is 29.9 Å². The Morgan fingerprint density at radius 1 is 1.40 bits per heavy atom. The van der Waals surface area contributed by atoms with Gasteiger partial charge in [0.1, 0.15) is 0 Å².